The first kappa shape index (κ1) is 10.9. The zero-order chi connectivity index (χ0) is 10.6. The van der Waals surface area contributed by atoms with Crippen LogP contribution in [0.3, 0.4) is 0 Å². The number of hydrogen-bond donors (Lipinski definition) is 2. The molecule has 0 radical (unpaired) electrons. The standard InChI is InChI=1S/C8H14N2O4/c1-14-8(13)6-3-2-4-10(9-6)5-7(11)12/h6,9H,2-5H2,1H3,(H,11,12). The Morgan fingerprint density at radius 2 is 2.36 bits per heavy atom. The van der Waals surface area contributed by atoms with E-state index in [0.717, 1.165) is 6.42 Å². The van der Waals surface area contributed by atoms with Crippen molar-refractivity contribution in [3.05, 3.63) is 0 Å². The number of nitrogens with one attached hydrogen (secondary N) is 1. The topological polar surface area (TPSA) is 78.9 Å². The van der Waals surface area contributed by atoms with Gasteiger partial charge in [0.15, 0.2) is 0 Å². The third-order valence-electron chi connectivity index (χ3n) is 2.07. The minimum absolute atomic E-state index is 0.104. The Labute approximate surface area is 81.8 Å². The number of nitrogens with zero attached hydrogens (tertiary/aromatic N) is 1. The molecule has 0 saturated carbocycles. The summed E-state index contributed by atoms with van der Waals surface area (Å²) in [5.41, 5.74) is 2.81. The van der Waals surface area contributed by atoms with E-state index in [2.05, 4.69) is 10.2 Å². The second kappa shape index (κ2) is 4.92. The van der Waals surface area contributed by atoms with E-state index >= 15 is 0 Å². The van der Waals surface area contributed by atoms with Gasteiger partial charge in [-0.1, -0.05) is 0 Å². The molecule has 0 aromatic heterocycles. The van der Waals surface area contributed by atoms with Gasteiger partial charge >= 0.3 is 11.9 Å². The van der Waals surface area contributed by atoms with Crippen LogP contribution in [0.4, 0.5) is 0 Å². The highest BCUT2D eigenvalue weighted by molar-refractivity contribution is 5.75. The number of methoxy groups -OCH3 is 1. The van der Waals surface area contributed by atoms with Crippen LogP contribution in [-0.2, 0) is 14.3 Å². The molecule has 6 heteroatoms. The summed E-state index contributed by atoms with van der Waals surface area (Å²) in [6, 6.07) is -0.409. The summed E-state index contributed by atoms with van der Waals surface area (Å²) in [5.74, 6) is -1.26. The van der Waals surface area contributed by atoms with Crippen molar-refractivity contribution >= 4 is 11.9 Å². The van der Waals surface area contributed by atoms with Crippen LogP contribution in [0.2, 0.25) is 0 Å². The molecule has 0 aliphatic carbocycles. The Morgan fingerprint density at radius 1 is 1.64 bits per heavy atom. The number of ether oxygens (including phenoxy) is 1. The average Bonchev–Trinajstić information content (AvgIpc) is 2.16. The summed E-state index contributed by atoms with van der Waals surface area (Å²) in [6.45, 7) is 0.535. The van der Waals surface area contributed by atoms with Crippen LogP contribution < -0.4 is 5.43 Å². The molecule has 0 aromatic rings. The highest BCUT2D eigenvalue weighted by Crippen LogP contribution is 2.07. The molecule has 1 atom stereocenters. The molecule has 1 fully saturated rings. The van der Waals surface area contributed by atoms with Crippen molar-refractivity contribution in [2.24, 2.45) is 0 Å². The maximum absolute atomic E-state index is 11.1. The second-order valence-corrected chi connectivity index (χ2v) is 3.16. The van der Waals surface area contributed by atoms with Crippen LogP contribution in [0, 0.1) is 0 Å². The van der Waals surface area contributed by atoms with Gasteiger partial charge in [-0.15, -0.1) is 0 Å². The number of carbonyl (C=O) groups is 2. The van der Waals surface area contributed by atoms with Crippen LogP contribution in [-0.4, -0.2) is 48.3 Å². The van der Waals surface area contributed by atoms with Gasteiger partial charge in [0.2, 0.25) is 0 Å². The van der Waals surface area contributed by atoms with Crippen LogP contribution in [0.25, 0.3) is 0 Å². The third kappa shape index (κ3) is 2.97. The molecule has 0 spiro atoms. The highest BCUT2D eigenvalue weighted by Gasteiger charge is 2.26. The van der Waals surface area contributed by atoms with Gasteiger partial charge in [-0.25, -0.2) is 10.4 Å². The van der Waals surface area contributed by atoms with Crippen molar-refractivity contribution in [3.63, 3.8) is 0 Å². The largest absolute Gasteiger partial charge is 0.480 e. The van der Waals surface area contributed by atoms with Gasteiger partial charge in [0.1, 0.15) is 12.6 Å². The molecule has 1 heterocycles. The van der Waals surface area contributed by atoms with Gasteiger partial charge < -0.3 is 9.84 Å². The molecule has 1 aliphatic heterocycles. The summed E-state index contributed by atoms with van der Waals surface area (Å²) in [5, 5.41) is 10.1. The molecule has 1 unspecified atom stereocenters. The molecule has 1 rings (SSSR count). The Bertz CT molecular complexity index is 231. The van der Waals surface area contributed by atoms with Gasteiger partial charge in [0.25, 0.3) is 0 Å². The minimum Gasteiger partial charge on any atom is -0.480 e. The Hall–Kier alpha value is -1.14. The van der Waals surface area contributed by atoms with Gasteiger partial charge in [-0.3, -0.25) is 9.59 Å². The number of esters is 1. The highest BCUT2D eigenvalue weighted by atomic mass is 16.5. The molecule has 80 valence electrons. The molecular formula is C8H14N2O4. The van der Waals surface area contributed by atoms with E-state index in [1.807, 2.05) is 0 Å². The minimum atomic E-state index is -0.914. The normalized spacial score (nSPS) is 23.1. The van der Waals surface area contributed by atoms with Gasteiger partial charge in [-0.2, -0.15) is 0 Å². The molecule has 0 aromatic carbocycles. The fraction of sp³-hybridized carbons (Fsp3) is 0.750. The van der Waals surface area contributed by atoms with Crippen LogP contribution >= 0.6 is 0 Å². The van der Waals surface area contributed by atoms with E-state index in [9.17, 15) is 9.59 Å². The summed E-state index contributed by atoms with van der Waals surface area (Å²) in [6.07, 6.45) is 1.48. The zero-order valence-electron chi connectivity index (χ0n) is 8.02. The van der Waals surface area contributed by atoms with E-state index in [-0.39, 0.29) is 12.5 Å². The van der Waals surface area contributed by atoms with E-state index in [1.54, 1.807) is 0 Å². The maximum Gasteiger partial charge on any atom is 0.324 e. The molecule has 0 bridgehead atoms. The SMILES string of the molecule is COC(=O)C1CCCN(CC(=O)O)N1. The van der Waals surface area contributed by atoms with Gasteiger partial charge in [-0.05, 0) is 12.8 Å². The fourth-order valence-electron chi connectivity index (χ4n) is 1.44. The Kier molecular flexibility index (Phi) is 3.84. The van der Waals surface area contributed by atoms with Gasteiger partial charge in [0.05, 0.1) is 7.11 Å². The monoisotopic (exact) mass is 202 g/mol. The maximum atomic E-state index is 11.1. The number of carboxylic acids is 1. The lowest BCUT2D eigenvalue weighted by molar-refractivity contribution is -0.149. The lowest BCUT2D eigenvalue weighted by Crippen LogP contribution is -2.54. The molecule has 2 N–H and O–H groups in total. The molecule has 14 heavy (non-hydrogen) atoms. The van der Waals surface area contributed by atoms with Gasteiger partial charge in [0, 0.05) is 6.54 Å². The quantitative estimate of drug-likeness (QED) is 0.584. The number of hydrazine groups is 1. The van der Waals surface area contributed by atoms with Crippen molar-refractivity contribution < 1.29 is 19.4 Å². The predicted molar refractivity (Wildman–Crippen MR) is 47.4 cm³/mol. The number of carboxylic acid groups (broad SMARTS) is 1. The Morgan fingerprint density at radius 3 is 2.93 bits per heavy atom. The first-order valence-electron chi connectivity index (χ1n) is 4.44. The van der Waals surface area contributed by atoms with E-state index in [0.29, 0.717) is 13.0 Å². The molecule has 0 amide bonds. The van der Waals surface area contributed by atoms with Crippen LogP contribution in [0.15, 0.2) is 0 Å². The first-order chi connectivity index (χ1) is 6.63. The summed E-state index contributed by atoms with van der Waals surface area (Å²) in [4.78, 5) is 21.6. The van der Waals surface area contributed by atoms with E-state index in [1.165, 1.54) is 12.1 Å². The first-order valence-corrected chi connectivity index (χ1v) is 4.44. The number of hydrogen-bond acceptors (Lipinski definition) is 5. The third-order valence-corrected chi connectivity index (χ3v) is 2.07. The number of carbonyl (C=O) groups excluding carboxylic acids is 1. The van der Waals surface area contributed by atoms with Crippen molar-refractivity contribution in [3.8, 4) is 0 Å². The van der Waals surface area contributed by atoms with Crippen LogP contribution in [0.1, 0.15) is 12.8 Å². The predicted octanol–water partition coefficient (Wildman–Crippen LogP) is -0.787. The van der Waals surface area contributed by atoms with Crippen molar-refractivity contribution in [2.75, 3.05) is 20.2 Å². The van der Waals surface area contributed by atoms with Crippen LogP contribution in [0.5, 0.6) is 0 Å². The van der Waals surface area contributed by atoms with Crippen molar-refractivity contribution in [2.45, 2.75) is 18.9 Å². The molecule has 1 saturated heterocycles. The number of aliphatic carboxylic acids is 1. The lowest BCUT2D eigenvalue weighted by Gasteiger charge is -2.31. The molecule has 6 nitrogen and oxygen atoms in total. The summed E-state index contributed by atoms with van der Waals surface area (Å²) in [7, 11) is 1.32. The Balaban J connectivity index is 2.43. The molecular weight excluding hydrogens is 188 g/mol. The fourth-order valence-corrected chi connectivity index (χ4v) is 1.44. The second-order valence-electron chi connectivity index (χ2n) is 3.16. The smallest absolute Gasteiger partial charge is 0.324 e. The summed E-state index contributed by atoms with van der Waals surface area (Å²) < 4.78 is 4.57. The van der Waals surface area contributed by atoms with E-state index in [4.69, 9.17) is 5.11 Å². The van der Waals surface area contributed by atoms with Crippen molar-refractivity contribution in [1.82, 2.24) is 10.4 Å². The number of rotatable bonds is 3. The lowest BCUT2D eigenvalue weighted by atomic mass is 10.1. The average molecular weight is 202 g/mol. The van der Waals surface area contributed by atoms with Crippen molar-refractivity contribution in [1.29, 1.82) is 0 Å². The summed E-state index contributed by atoms with van der Waals surface area (Å²) >= 11 is 0. The van der Waals surface area contributed by atoms with E-state index < -0.39 is 12.0 Å². The zero-order valence-corrected chi connectivity index (χ0v) is 8.02. The molecule has 1 aliphatic rings.